The van der Waals surface area contributed by atoms with Crippen molar-refractivity contribution in [2.75, 3.05) is 0 Å². The first-order valence-corrected chi connectivity index (χ1v) is 6.03. The van der Waals surface area contributed by atoms with E-state index in [4.69, 9.17) is 4.74 Å². The molecule has 3 heteroatoms. The van der Waals surface area contributed by atoms with Crippen molar-refractivity contribution in [3.63, 3.8) is 0 Å². The number of hydrogen-bond acceptors (Lipinski definition) is 2. The number of Topliss-reactive ketones (excluding diaryl/α,β-unsaturated/α-hetero) is 1. The largest absolute Gasteiger partial charge is 0.489 e. The molecular formula is C12H11BrO2. The van der Waals surface area contributed by atoms with E-state index in [9.17, 15) is 4.79 Å². The Balaban J connectivity index is 1.96. The van der Waals surface area contributed by atoms with Crippen LogP contribution in [0.5, 0.6) is 5.75 Å². The quantitative estimate of drug-likeness (QED) is 0.781. The molecule has 15 heavy (non-hydrogen) atoms. The Morgan fingerprint density at radius 3 is 2.87 bits per heavy atom. The van der Waals surface area contributed by atoms with Crippen molar-refractivity contribution in [2.24, 2.45) is 5.92 Å². The topological polar surface area (TPSA) is 26.3 Å². The summed E-state index contributed by atoms with van der Waals surface area (Å²) < 4.78 is 6.77. The van der Waals surface area contributed by atoms with Gasteiger partial charge in [0.15, 0.2) is 5.78 Å². The van der Waals surface area contributed by atoms with Crippen molar-refractivity contribution in [1.29, 1.82) is 0 Å². The molecule has 1 atom stereocenters. The van der Waals surface area contributed by atoms with Crippen LogP contribution in [0.2, 0.25) is 0 Å². The zero-order chi connectivity index (χ0) is 10.4. The van der Waals surface area contributed by atoms with E-state index in [2.05, 4.69) is 15.9 Å². The minimum atomic E-state index is 0.131. The second kappa shape index (κ2) is 3.34. The van der Waals surface area contributed by atoms with Crippen LogP contribution in [0.25, 0.3) is 0 Å². The second-order valence-electron chi connectivity index (χ2n) is 4.26. The van der Waals surface area contributed by atoms with Gasteiger partial charge in [0, 0.05) is 10.9 Å². The van der Waals surface area contributed by atoms with Crippen LogP contribution in [0.15, 0.2) is 22.7 Å². The molecular weight excluding hydrogens is 256 g/mol. The first kappa shape index (κ1) is 9.40. The van der Waals surface area contributed by atoms with Crippen molar-refractivity contribution < 1.29 is 9.53 Å². The number of carbonyl (C=O) groups excluding carboxylic acids is 1. The molecule has 1 aromatic rings. The molecule has 3 rings (SSSR count). The van der Waals surface area contributed by atoms with Crippen LogP contribution in [-0.4, -0.2) is 11.9 Å². The molecule has 1 heterocycles. The molecule has 1 saturated carbocycles. The van der Waals surface area contributed by atoms with Gasteiger partial charge in [-0.25, -0.2) is 0 Å². The van der Waals surface area contributed by atoms with E-state index in [0.717, 1.165) is 15.8 Å². The van der Waals surface area contributed by atoms with Gasteiger partial charge in [0.1, 0.15) is 11.9 Å². The van der Waals surface area contributed by atoms with Crippen molar-refractivity contribution in [1.82, 2.24) is 0 Å². The van der Waals surface area contributed by atoms with Crippen molar-refractivity contribution in [3.8, 4) is 5.75 Å². The molecule has 0 unspecified atom stereocenters. The molecule has 0 bridgehead atoms. The van der Waals surface area contributed by atoms with Crippen LogP contribution in [0.1, 0.15) is 29.6 Å². The summed E-state index contributed by atoms with van der Waals surface area (Å²) >= 11 is 3.37. The zero-order valence-electron chi connectivity index (χ0n) is 8.20. The Morgan fingerprint density at radius 1 is 1.33 bits per heavy atom. The van der Waals surface area contributed by atoms with Crippen LogP contribution < -0.4 is 4.74 Å². The predicted molar refractivity (Wildman–Crippen MR) is 60.2 cm³/mol. The molecule has 0 radical (unpaired) electrons. The number of ether oxygens (including phenoxy) is 1. The minimum Gasteiger partial charge on any atom is -0.489 e. The van der Waals surface area contributed by atoms with Gasteiger partial charge in [0.25, 0.3) is 0 Å². The molecule has 78 valence electrons. The summed E-state index contributed by atoms with van der Waals surface area (Å²) in [4.78, 5) is 11.9. The second-order valence-corrected chi connectivity index (χ2v) is 5.18. The van der Waals surface area contributed by atoms with E-state index in [1.807, 2.05) is 18.2 Å². The molecule has 0 aromatic heterocycles. The van der Waals surface area contributed by atoms with Gasteiger partial charge in [-0.1, -0.05) is 15.9 Å². The maximum Gasteiger partial charge on any atom is 0.170 e. The van der Waals surface area contributed by atoms with Crippen LogP contribution in [-0.2, 0) is 0 Å². The lowest BCUT2D eigenvalue weighted by atomic mass is 9.98. The fourth-order valence-electron chi connectivity index (χ4n) is 2.05. The Bertz CT molecular complexity index is 424. The fraction of sp³-hybridized carbons (Fsp3) is 0.417. The molecule has 1 aliphatic heterocycles. The lowest BCUT2D eigenvalue weighted by Crippen LogP contribution is -2.28. The van der Waals surface area contributed by atoms with Gasteiger partial charge in [-0.05, 0) is 37.0 Å². The number of halogens is 1. The normalized spacial score (nSPS) is 24.6. The van der Waals surface area contributed by atoms with Gasteiger partial charge in [-0.15, -0.1) is 0 Å². The Hall–Kier alpha value is -0.830. The highest BCUT2D eigenvalue weighted by molar-refractivity contribution is 9.10. The van der Waals surface area contributed by atoms with E-state index in [1.165, 1.54) is 12.8 Å². The standard InChI is InChI=1S/C12H11BrO2/c13-8-3-4-11-9(5-8)10(14)6-12(15-11)7-1-2-7/h3-5,7,12H,1-2,6H2/t12-/m0/s1. The highest BCUT2D eigenvalue weighted by Gasteiger charge is 2.38. The third kappa shape index (κ3) is 1.69. The van der Waals surface area contributed by atoms with E-state index in [0.29, 0.717) is 12.3 Å². The minimum absolute atomic E-state index is 0.131. The average Bonchev–Trinajstić information content (AvgIpc) is 3.02. The summed E-state index contributed by atoms with van der Waals surface area (Å²) in [6.07, 6.45) is 3.10. The molecule has 0 saturated heterocycles. The first-order valence-electron chi connectivity index (χ1n) is 5.23. The lowest BCUT2D eigenvalue weighted by Gasteiger charge is -2.25. The maximum absolute atomic E-state index is 11.9. The average molecular weight is 267 g/mol. The number of carbonyl (C=O) groups is 1. The number of fused-ring (bicyclic) bond motifs is 1. The van der Waals surface area contributed by atoms with E-state index in [-0.39, 0.29) is 11.9 Å². The zero-order valence-corrected chi connectivity index (χ0v) is 9.79. The SMILES string of the molecule is O=C1C[C@@H](C2CC2)Oc2ccc(Br)cc21. The van der Waals surface area contributed by atoms with Gasteiger partial charge in [-0.2, -0.15) is 0 Å². The predicted octanol–water partition coefficient (Wildman–Crippen LogP) is 3.19. The fourth-order valence-corrected chi connectivity index (χ4v) is 2.41. The first-order chi connectivity index (χ1) is 7.24. The third-order valence-electron chi connectivity index (χ3n) is 3.05. The van der Waals surface area contributed by atoms with Gasteiger partial charge in [0.05, 0.1) is 5.56 Å². The molecule has 1 aliphatic carbocycles. The van der Waals surface area contributed by atoms with Crippen LogP contribution in [0.3, 0.4) is 0 Å². The van der Waals surface area contributed by atoms with E-state index >= 15 is 0 Å². The summed E-state index contributed by atoms with van der Waals surface area (Å²) in [7, 11) is 0. The highest BCUT2D eigenvalue weighted by atomic mass is 79.9. The maximum atomic E-state index is 11.9. The van der Waals surface area contributed by atoms with Gasteiger partial charge in [-0.3, -0.25) is 4.79 Å². The van der Waals surface area contributed by atoms with Gasteiger partial charge in [0.2, 0.25) is 0 Å². The smallest absolute Gasteiger partial charge is 0.170 e. The molecule has 0 amide bonds. The molecule has 1 aromatic carbocycles. The Kier molecular flexibility index (Phi) is 2.09. The highest BCUT2D eigenvalue weighted by Crippen LogP contribution is 2.40. The van der Waals surface area contributed by atoms with Crippen molar-refractivity contribution in [3.05, 3.63) is 28.2 Å². The molecule has 0 spiro atoms. The summed E-state index contributed by atoms with van der Waals surface area (Å²) in [5.41, 5.74) is 0.723. The lowest BCUT2D eigenvalue weighted by molar-refractivity contribution is 0.0819. The summed E-state index contributed by atoms with van der Waals surface area (Å²) in [6.45, 7) is 0. The molecule has 2 nitrogen and oxygen atoms in total. The summed E-state index contributed by atoms with van der Waals surface area (Å²) in [5, 5.41) is 0. The summed E-state index contributed by atoms with van der Waals surface area (Å²) in [6, 6.07) is 5.65. The van der Waals surface area contributed by atoms with E-state index in [1.54, 1.807) is 0 Å². The number of hydrogen-bond donors (Lipinski definition) is 0. The van der Waals surface area contributed by atoms with Gasteiger partial charge < -0.3 is 4.74 Å². The third-order valence-corrected chi connectivity index (χ3v) is 3.55. The van der Waals surface area contributed by atoms with Crippen molar-refractivity contribution >= 4 is 21.7 Å². The molecule has 2 aliphatic rings. The number of benzene rings is 1. The monoisotopic (exact) mass is 266 g/mol. The van der Waals surface area contributed by atoms with Crippen molar-refractivity contribution in [2.45, 2.75) is 25.4 Å². The Labute approximate surface area is 96.8 Å². The number of rotatable bonds is 1. The van der Waals surface area contributed by atoms with E-state index < -0.39 is 0 Å². The van der Waals surface area contributed by atoms with Crippen LogP contribution in [0.4, 0.5) is 0 Å². The Morgan fingerprint density at radius 2 is 2.13 bits per heavy atom. The summed E-state index contributed by atoms with van der Waals surface area (Å²) in [5.74, 6) is 1.59. The number of ketones is 1. The van der Waals surface area contributed by atoms with Gasteiger partial charge >= 0.3 is 0 Å². The molecule has 0 N–H and O–H groups in total. The van der Waals surface area contributed by atoms with Crippen LogP contribution in [0, 0.1) is 5.92 Å². The van der Waals surface area contributed by atoms with Crippen LogP contribution >= 0.6 is 15.9 Å². The molecule has 1 fully saturated rings.